The molecule has 92 valence electrons. The summed E-state index contributed by atoms with van der Waals surface area (Å²) in [5.41, 5.74) is 4.75. The van der Waals surface area contributed by atoms with Crippen LogP contribution in [-0.2, 0) is 0 Å². The summed E-state index contributed by atoms with van der Waals surface area (Å²) in [4.78, 5) is 25.4. The van der Waals surface area contributed by atoms with Crippen molar-refractivity contribution in [1.29, 1.82) is 0 Å². The number of nitrogens with one attached hydrogen (secondary N) is 1. The summed E-state index contributed by atoms with van der Waals surface area (Å²) in [5, 5.41) is 16.5. The third-order valence-corrected chi connectivity index (χ3v) is 2.02. The number of nitrogen functional groups attached to an aromatic ring is 1. The third kappa shape index (κ3) is 2.24. The normalized spacial score (nSPS) is 10.0. The van der Waals surface area contributed by atoms with Crippen LogP contribution in [0.4, 0.5) is 17.3 Å². The molecule has 0 bridgehead atoms. The van der Waals surface area contributed by atoms with Crippen LogP contribution < -0.4 is 11.1 Å². The summed E-state index contributed by atoms with van der Waals surface area (Å²) >= 11 is 0. The first-order valence-corrected chi connectivity index (χ1v) is 4.69. The number of nitrogens with two attached hydrogens (primary N) is 1. The second kappa shape index (κ2) is 4.49. The Balaban J connectivity index is 2.34. The van der Waals surface area contributed by atoms with Crippen LogP contribution in [0.1, 0.15) is 10.4 Å². The van der Waals surface area contributed by atoms with Gasteiger partial charge in [-0.1, -0.05) is 5.16 Å². The minimum atomic E-state index is -0.718. The zero-order chi connectivity index (χ0) is 13.1. The van der Waals surface area contributed by atoms with E-state index < -0.39 is 16.5 Å². The number of nitrogens with zero attached hydrogens (tertiary/aromatic N) is 3. The Labute approximate surface area is 99.7 Å². The molecule has 0 saturated carbocycles. The van der Waals surface area contributed by atoms with Crippen LogP contribution in [0.3, 0.4) is 0 Å². The molecule has 0 saturated heterocycles. The first-order chi connectivity index (χ1) is 8.58. The molecule has 0 radical (unpaired) electrons. The van der Waals surface area contributed by atoms with Gasteiger partial charge in [0, 0.05) is 6.07 Å². The van der Waals surface area contributed by atoms with Crippen molar-refractivity contribution in [3.63, 3.8) is 0 Å². The van der Waals surface area contributed by atoms with Gasteiger partial charge in [-0.25, -0.2) is 4.98 Å². The standard InChI is InChI=1S/C9H7N5O4/c10-7-3-5(6(4-11-7)14(16)17)9(15)12-8-1-2-18-13-8/h1-4H,(H2,10,11)(H,12,13,15). The van der Waals surface area contributed by atoms with Crippen LogP contribution in [0.15, 0.2) is 29.1 Å². The molecule has 2 aromatic rings. The Kier molecular flexibility index (Phi) is 2.87. The smallest absolute Gasteiger partial charge is 0.300 e. The Morgan fingerprint density at radius 2 is 2.33 bits per heavy atom. The average molecular weight is 249 g/mol. The number of amides is 1. The fraction of sp³-hybridized carbons (Fsp3) is 0. The van der Waals surface area contributed by atoms with Crippen molar-refractivity contribution in [2.24, 2.45) is 0 Å². The van der Waals surface area contributed by atoms with E-state index in [2.05, 4.69) is 20.0 Å². The van der Waals surface area contributed by atoms with Crippen LogP contribution in [-0.4, -0.2) is 21.0 Å². The molecule has 9 heteroatoms. The summed E-state index contributed by atoms with van der Waals surface area (Å²) in [6.45, 7) is 0. The van der Waals surface area contributed by atoms with Crippen molar-refractivity contribution in [1.82, 2.24) is 10.1 Å². The van der Waals surface area contributed by atoms with Gasteiger partial charge >= 0.3 is 0 Å². The number of hydrogen-bond donors (Lipinski definition) is 2. The van der Waals surface area contributed by atoms with E-state index in [0.29, 0.717) is 0 Å². The average Bonchev–Trinajstić information content (AvgIpc) is 2.81. The van der Waals surface area contributed by atoms with Crippen LogP contribution in [0.25, 0.3) is 0 Å². The van der Waals surface area contributed by atoms with Gasteiger partial charge in [0.15, 0.2) is 5.82 Å². The molecule has 0 fully saturated rings. The van der Waals surface area contributed by atoms with Crippen molar-refractivity contribution >= 4 is 23.2 Å². The molecule has 2 aromatic heterocycles. The summed E-state index contributed by atoms with van der Waals surface area (Å²) in [7, 11) is 0. The Morgan fingerprint density at radius 1 is 1.56 bits per heavy atom. The molecule has 18 heavy (non-hydrogen) atoms. The van der Waals surface area contributed by atoms with Crippen LogP contribution in [0, 0.1) is 10.1 Å². The second-order valence-corrected chi connectivity index (χ2v) is 3.22. The van der Waals surface area contributed by atoms with Gasteiger partial charge in [-0.05, 0) is 6.07 Å². The van der Waals surface area contributed by atoms with E-state index in [9.17, 15) is 14.9 Å². The fourth-order valence-corrected chi connectivity index (χ4v) is 1.25. The maximum atomic E-state index is 11.8. The van der Waals surface area contributed by atoms with Crippen LogP contribution in [0.2, 0.25) is 0 Å². The fourth-order valence-electron chi connectivity index (χ4n) is 1.25. The van der Waals surface area contributed by atoms with Gasteiger partial charge in [-0.3, -0.25) is 14.9 Å². The molecule has 2 heterocycles. The molecule has 0 aromatic carbocycles. The number of aromatic nitrogens is 2. The Hall–Kier alpha value is -2.97. The first-order valence-electron chi connectivity index (χ1n) is 4.69. The van der Waals surface area contributed by atoms with Crippen LogP contribution >= 0.6 is 0 Å². The highest BCUT2D eigenvalue weighted by Gasteiger charge is 2.21. The molecule has 9 nitrogen and oxygen atoms in total. The number of pyridine rings is 1. The molecule has 0 spiro atoms. The molecule has 0 atom stereocenters. The minimum absolute atomic E-state index is 0.00547. The minimum Gasteiger partial charge on any atom is -0.384 e. The van der Waals surface area contributed by atoms with E-state index in [-0.39, 0.29) is 17.2 Å². The van der Waals surface area contributed by atoms with Gasteiger partial charge in [0.1, 0.15) is 23.8 Å². The highest BCUT2D eigenvalue weighted by atomic mass is 16.6. The highest BCUT2D eigenvalue weighted by Crippen LogP contribution is 2.20. The quantitative estimate of drug-likeness (QED) is 0.606. The summed E-state index contributed by atoms with van der Waals surface area (Å²) in [6.07, 6.45) is 2.18. The van der Waals surface area contributed by atoms with Gasteiger partial charge < -0.3 is 15.6 Å². The SMILES string of the molecule is Nc1cc(C(=O)Nc2ccon2)c([N+](=O)[O-])cn1. The first kappa shape index (κ1) is 11.5. The number of carbonyl (C=O) groups excluding carboxylic acids is 1. The molecule has 2 rings (SSSR count). The second-order valence-electron chi connectivity index (χ2n) is 3.22. The zero-order valence-electron chi connectivity index (χ0n) is 8.86. The Bertz CT molecular complexity index is 595. The lowest BCUT2D eigenvalue weighted by Gasteiger charge is -2.03. The Morgan fingerprint density at radius 3 is 2.94 bits per heavy atom. The van der Waals surface area contributed by atoms with Crippen molar-refractivity contribution in [3.05, 3.63) is 40.3 Å². The summed E-state index contributed by atoms with van der Waals surface area (Å²) in [6, 6.07) is 2.52. The predicted octanol–water partition coefficient (Wildman–Crippen LogP) is 0.812. The van der Waals surface area contributed by atoms with Gasteiger partial charge in [-0.2, -0.15) is 0 Å². The largest absolute Gasteiger partial charge is 0.384 e. The molecular weight excluding hydrogens is 242 g/mol. The lowest BCUT2D eigenvalue weighted by molar-refractivity contribution is -0.385. The molecule has 0 aliphatic heterocycles. The lowest BCUT2D eigenvalue weighted by atomic mass is 10.2. The van der Waals surface area contributed by atoms with E-state index in [4.69, 9.17) is 5.73 Å². The van der Waals surface area contributed by atoms with E-state index >= 15 is 0 Å². The van der Waals surface area contributed by atoms with Crippen molar-refractivity contribution in [2.45, 2.75) is 0 Å². The third-order valence-electron chi connectivity index (χ3n) is 2.02. The molecule has 3 N–H and O–H groups in total. The van der Waals surface area contributed by atoms with E-state index in [1.165, 1.54) is 12.3 Å². The monoisotopic (exact) mass is 249 g/mol. The number of nitro groups is 1. The van der Waals surface area contributed by atoms with E-state index in [0.717, 1.165) is 12.3 Å². The van der Waals surface area contributed by atoms with E-state index in [1.54, 1.807) is 0 Å². The number of anilines is 2. The van der Waals surface area contributed by atoms with Gasteiger partial charge in [0.05, 0.1) is 4.92 Å². The van der Waals surface area contributed by atoms with Crippen molar-refractivity contribution in [2.75, 3.05) is 11.1 Å². The van der Waals surface area contributed by atoms with Gasteiger partial charge in [0.2, 0.25) is 0 Å². The van der Waals surface area contributed by atoms with Crippen LogP contribution in [0.5, 0.6) is 0 Å². The molecule has 0 unspecified atom stereocenters. The number of rotatable bonds is 3. The molecular formula is C9H7N5O4. The number of carbonyl (C=O) groups is 1. The van der Waals surface area contributed by atoms with E-state index in [1.807, 2.05) is 0 Å². The summed E-state index contributed by atoms with van der Waals surface area (Å²) in [5.74, 6) is -0.569. The zero-order valence-corrected chi connectivity index (χ0v) is 8.86. The van der Waals surface area contributed by atoms with Gasteiger partial charge in [0.25, 0.3) is 11.6 Å². The molecule has 0 aliphatic rings. The molecule has 1 amide bonds. The molecule has 0 aliphatic carbocycles. The maximum Gasteiger partial charge on any atom is 0.300 e. The lowest BCUT2D eigenvalue weighted by Crippen LogP contribution is -2.15. The van der Waals surface area contributed by atoms with Crippen molar-refractivity contribution < 1.29 is 14.2 Å². The number of hydrogen-bond acceptors (Lipinski definition) is 7. The topological polar surface area (TPSA) is 137 Å². The van der Waals surface area contributed by atoms with Crippen molar-refractivity contribution in [3.8, 4) is 0 Å². The van der Waals surface area contributed by atoms with Gasteiger partial charge in [-0.15, -0.1) is 0 Å². The predicted molar refractivity (Wildman–Crippen MR) is 59.8 cm³/mol. The maximum absolute atomic E-state index is 11.8. The highest BCUT2D eigenvalue weighted by molar-refractivity contribution is 6.06. The summed E-state index contributed by atoms with van der Waals surface area (Å²) < 4.78 is 4.52.